The molecule has 10 heteroatoms. The molecule has 0 bridgehead atoms. The third kappa shape index (κ3) is 4.17. The lowest BCUT2D eigenvalue weighted by Crippen LogP contribution is -2.22. The lowest BCUT2D eigenvalue weighted by Gasteiger charge is -2.15. The molecule has 9 nitrogen and oxygen atoms in total. The SMILES string of the molecule is O=C(O)c1ccc(=O)n(-c2ccc(N[C@H]3CC[C@H](Nc4ncc5sccc5n4)C3)nc2)c1. The van der Waals surface area contributed by atoms with Crippen LogP contribution in [0.1, 0.15) is 29.6 Å². The molecule has 0 amide bonds. The van der Waals surface area contributed by atoms with E-state index in [9.17, 15) is 9.59 Å². The predicted molar refractivity (Wildman–Crippen MR) is 123 cm³/mol. The number of anilines is 2. The van der Waals surface area contributed by atoms with Crippen LogP contribution in [0.5, 0.6) is 0 Å². The van der Waals surface area contributed by atoms with Gasteiger partial charge in [0.15, 0.2) is 0 Å². The minimum Gasteiger partial charge on any atom is -0.478 e. The Morgan fingerprint density at radius 2 is 1.91 bits per heavy atom. The summed E-state index contributed by atoms with van der Waals surface area (Å²) >= 11 is 1.63. The van der Waals surface area contributed by atoms with Gasteiger partial charge in [-0.2, -0.15) is 0 Å². The molecule has 0 radical (unpaired) electrons. The Kier molecular flexibility index (Phi) is 5.28. The van der Waals surface area contributed by atoms with Gasteiger partial charge in [0.25, 0.3) is 5.56 Å². The summed E-state index contributed by atoms with van der Waals surface area (Å²) in [5, 5.41) is 18.0. The number of rotatable bonds is 6. The third-order valence-electron chi connectivity index (χ3n) is 5.51. The molecule has 1 fully saturated rings. The number of aromatic nitrogens is 4. The van der Waals surface area contributed by atoms with Crippen molar-refractivity contribution in [2.24, 2.45) is 0 Å². The molecule has 1 aliphatic rings. The van der Waals surface area contributed by atoms with Gasteiger partial charge in [0.1, 0.15) is 5.82 Å². The van der Waals surface area contributed by atoms with E-state index in [1.165, 1.54) is 22.9 Å². The number of aromatic carboxylic acids is 1. The second-order valence-corrected chi connectivity index (χ2v) is 8.64. The van der Waals surface area contributed by atoms with E-state index in [-0.39, 0.29) is 23.2 Å². The molecule has 0 unspecified atom stereocenters. The van der Waals surface area contributed by atoms with Gasteiger partial charge in [-0.1, -0.05) is 0 Å². The number of thiophene rings is 1. The molecule has 1 saturated carbocycles. The van der Waals surface area contributed by atoms with Crippen molar-refractivity contribution >= 4 is 39.3 Å². The van der Waals surface area contributed by atoms with Crippen LogP contribution in [0.2, 0.25) is 0 Å². The first kappa shape index (κ1) is 20.1. The lowest BCUT2D eigenvalue weighted by atomic mass is 10.2. The second kappa shape index (κ2) is 8.39. The number of carboxylic acids is 1. The number of hydrogen-bond acceptors (Lipinski definition) is 8. The van der Waals surface area contributed by atoms with Crippen molar-refractivity contribution in [1.82, 2.24) is 19.5 Å². The summed E-state index contributed by atoms with van der Waals surface area (Å²) in [6.45, 7) is 0. The predicted octanol–water partition coefficient (Wildman–Crippen LogP) is 3.38. The molecule has 4 aromatic rings. The van der Waals surface area contributed by atoms with Gasteiger partial charge in [0, 0.05) is 24.3 Å². The van der Waals surface area contributed by atoms with Crippen molar-refractivity contribution in [3.63, 3.8) is 0 Å². The van der Waals surface area contributed by atoms with E-state index in [1.807, 2.05) is 17.6 Å². The minimum atomic E-state index is -1.09. The van der Waals surface area contributed by atoms with Crippen LogP contribution >= 0.6 is 11.3 Å². The van der Waals surface area contributed by atoms with Crippen LogP contribution in [-0.2, 0) is 0 Å². The summed E-state index contributed by atoms with van der Waals surface area (Å²) in [7, 11) is 0. The Hall–Kier alpha value is -3.79. The van der Waals surface area contributed by atoms with Crippen LogP contribution in [0.4, 0.5) is 11.8 Å². The molecule has 0 spiro atoms. The highest BCUT2D eigenvalue weighted by molar-refractivity contribution is 7.17. The van der Waals surface area contributed by atoms with E-state index in [0.29, 0.717) is 17.5 Å². The smallest absolute Gasteiger partial charge is 0.337 e. The third-order valence-corrected chi connectivity index (χ3v) is 6.35. The lowest BCUT2D eigenvalue weighted by molar-refractivity contribution is 0.0696. The molecule has 32 heavy (non-hydrogen) atoms. The Morgan fingerprint density at radius 1 is 1.06 bits per heavy atom. The molecule has 1 aliphatic carbocycles. The van der Waals surface area contributed by atoms with Gasteiger partial charge in [0.2, 0.25) is 5.95 Å². The number of fused-ring (bicyclic) bond motifs is 1. The topological polar surface area (TPSA) is 122 Å². The van der Waals surface area contributed by atoms with Gasteiger partial charge in [-0.3, -0.25) is 9.36 Å². The summed E-state index contributed by atoms with van der Waals surface area (Å²) in [6, 6.07) is 8.60. The van der Waals surface area contributed by atoms with Crippen molar-refractivity contribution in [2.75, 3.05) is 10.6 Å². The summed E-state index contributed by atoms with van der Waals surface area (Å²) in [5.74, 6) is 0.269. The van der Waals surface area contributed by atoms with Gasteiger partial charge in [-0.15, -0.1) is 11.3 Å². The fraction of sp³-hybridized carbons (Fsp3) is 0.227. The fourth-order valence-electron chi connectivity index (χ4n) is 3.90. The number of nitrogens with zero attached hydrogens (tertiary/aromatic N) is 4. The minimum absolute atomic E-state index is 0.0402. The maximum Gasteiger partial charge on any atom is 0.337 e. The van der Waals surface area contributed by atoms with Crippen LogP contribution in [0.15, 0.2) is 59.1 Å². The quantitative estimate of drug-likeness (QED) is 0.410. The molecule has 3 N–H and O–H groups in total. The molecule has 162 valence electrons. The summed E-state index contributed by atoms with van der Waals surface area (Å²) in [5.41, 5.74) is 1.19. The van der Waals surface area contributed by atoms with E-state index in [0.717, 1.165) is 29.5 Å². The maximum absolute atomic E-state index is 12.1. The second-order valence-electron chi connectivity index (χ2n) is 7.69. The number of nitrogens with one attached hydrogen (secondary N) is 2. The normalized spacial score (nSPS) is 18.0. The number of carboxylic acid groups (broad SMARTS) is 1. The van der Waals surface area contributed by atoms with Gasteiger partial charge < -0.3 is 15.7 Å². The number of pyridine rings is 2. The highest BCUT2D eigenvalue weighted by Gasteiger charge is 2.25. The van der Waals surface area contributed by atoms with Crippen molar-refractivity contribution in [3.8, 4) is 5.69 Å². The van der Waals surface area contributed by atoms with Gasteiger partial charge in [-0.25, -0.2) is 19.7 Å². The number of hydrogen-bond donors (Lipinski definition) is 3. The molecule has 2 atom stereocenters. The maximum atomic E-state index is 12.1. The highest BCUT2D eigenvalue weighted by Crippen LogP contribution is 2.26. The summed E-state index contributed by atoms with van der Waals surface area (Å²) in [6.07, 6.45) is 7.61. The molecule has 0 aromatic carbocycles. The van der Waals surface area contributed by atoms with E-state index in [1.54, 1.807) is 29.7 Å². The standard InChI is InChI=1S/C22H20N6O3S/c29-20-6-1-13(21(30)31)12-28(20)16-4-5-19(23-10-16)25-14-2-3-15(9-14)26-22-24-11-18-17(27-22)7-8-32-18/h1,4-8,10-12,14-15H,2-3,9H2,(H,23,25)(H,30,31)(H,24,26,27)/t14-,15-/m0/s1. The summed E-state index contributed by atoms with van der Waals surface area (Å²) < 4.78 is 2.35. The average Bonchev–Trinajstić information content (AvgIpc) is 3.43. The zero-order valence-electron chi connectivity index (χ0n) is 16.9. The van der Waals surface area contributed by atoms with Gasteiger partial charge in [0.05, 0.1) is 33.9 Å². The molecule has 4 aromatic heterocycles. The molecular formula is C22H20N6O3S. The van der Waals surface area contributed by atoms with E-state index >= 15 is 0 Å². The van der Waals surface area contributed by atoms with E-state index < -0.39 is 5.97 Å². The summed E-state index contributed by atoms with van der Waals surface area (Å²) in [4.78, 5) is 36.7. The average molecular weight is 449 g/mol. The number of carbonyl (C=O) groups is 1. The zero-order chi connectivity index (χ0) is 22.1. The Labute approximate surface area is 186 Å². The zero-order valence-corrected chi connectivity index (χ0v) is 17.7. The molecule has 0 saturated heterocycles. The van der Waals surface area contributed by atoms with Crippen molar-refractivity contribution < 1.29 is 9.90 Å². The molecule has 4 heterocycles. The molecule has 5 rings (SSSR count). The first-order valence-corrected chi connectivity index (χ1v) is 11.1. The van der Waals surface area contributed by atoms with Crippen LogP contribution in [0, 0.1) is 0 Å². The Morgan fingerprint density at radius 3 is 2.69 bits per heavy atom. The van der Waals surface area contributed by atoms with Gasteiger partial charge >= 0.3 is 5.97 Å². The van der Waals surface area contributed by atoms with Crippen LogP contribution in [0.25, 0.3) is 15.9 Å². The van der Waals surface area contributed by atoms with Crippen molar-refractivity contribution in [3.05, 3.63) is 70.2 Å². The van der Waals surface area contributed by atoms with Crippen LogP contribution in [-0.4, -0.2) is 42.7 Å². The highest BCUT2D eigenvalue weighted by atomic mass is 32.1. The van der Waals surface area contributed by atoms with Crippen LogP contribution < -0.4 is 16.2 Å². The fourth-order valence-corrected chi connectivity index (χ4v) is 4.59. The van der Waals surface area contributed by atoms with E-state index in [4.69, 9.17) is 5.11 Å². The molecular weight excluding hydrogens is 428 g/mol. The van der Waals surface area contributed by atoms with E-state index in [2.05, 4.69) is 25.6 Å². The molecule has 0 aliphatic heterocycles. The Balaban J connectivity index is 1.22. The first-order valence-electron chi connectivity index (χ1n) is 10.2. The van der Waals surface area contributed by atoms with Crippen molar-refractivity contribution in [2.45, 2.75) is 31.3 Å². The van der Waals surface area contributed by atoms with Gasteiger partial charge in [-0.05, 0) is 48.9 Å². The largest absolute Gasteiger partial charge is 0.478 e. The van der Waals surface area contributed by atoms with Crippen molar-refractivity contribution in [1.29, 1.82) is 0 Å². The van der Waals surface area contributed by atoms with Crippen LogP contribution in [0.3, 0.4) is 0 Å². The first-order chi connectivity index (χ1) is 15.5. The monoisotopic (exact) mass is 448 g/mol. The Bertz CT molecular complexity index is 1330.